The fraction of sp³-hybridized carbons (Fsp3) is 0.400. The topological polar surface area (TPSA) is 64.6 Å². The first-order chi connectivity index (χ1) is 15.6. The molecule has 0 unspecified atom stereocenters. The van der Waals surface area contributed by atoms with Crippen molar-refractivity contribution in [1.29, 1.82) is 0 Å². The van der Waals surface area contributed by atoms with Crippen molar-refractivity contribution in [3.8, 4) is 17.2 Å². The molecule has 1 aliphatic carbocycles. The average Bonchev–Trinajstić information content (AvgIpc) is 2.83. The molecule has 0 spiro atoms. The average molecular weight is 456 g/mol. The molecule has 1 saturated carbocycles. The summed E-state index contributed by atoms with van der Waals surface area (Å²) in [6.07, 6.45) is 6.25. The van der Waals surface area contributed by atoms with E-state index in [1.807, 2.05) is 42.6 Å². The Morgan fingerprint density at radius 3 is 2.25 bits per heavy atom. The summed E-state index contributed by atoms with van der Waals surface area (Å²) in [5.74, 6) is 2.27. The predicted molar refractivity (Wildman–Crippen MR) is 129 cm³/mol. The Kier molecular flexibility index (Phi) is 7.22. The van der Waals surface area contributed by atoms with Crippen LogP contribution in [0.25, 0.3) is 10.9 Å². The van der Waals surface area contributed by atoms with Gasteiger partial charge in [-0.3, -0.25) is 4.98 Å². The molecule has 0 saturated heterocycles. The molecule has 1 aliphatic rings. The number of anilines is 1. The van der Waals surface area contributed by atoms with Crippen LogP contribution in [0.3, 0.4) is 0 Å². The van der Waals surface area contributed by atoms with Crippen LogP contribution >= 0.6 is 11.6 Å². The van der Waals surface area contributed by atoms with Crippen LogP contribution in [0, 0.1) is 0 Å². The molecule has 170 valence electrons. The third kappa shape index (κ3) is 5.03. The molecule has 32 heavy (non-hydrogen) atoms. The van der Waals surface area contributed by atoms with Crippen LogP contribution in [0.2, 0.25) is 5.02 Å². The zero-order valence-electron chi connectivity index (χ0n) is 18.8. The highest BCUT2D eigenvalue weighted by Gasteiger charge is 2.22. The Labute approximate surface area is 194 Å². The van der Waals surface area contributed by atoms with Gasteiger partial charge in [0.05, 0.1) is 32.4 Å². The van der Waals surface area contributed by atoms with Crippen LogP contribution in [-0.2, 0) is 6.54 Å². The van der Waals surface area contributed by atoms with E-state index in [1.165, 1.54) is 0 Å². The monoisotopic (exact) mass is 455 g/mol. The molecule has 6 nitrogen and oxygen atoms in total. The number of pyridine rings is 1. The number of methoxy groups -OCH3 is 3. The lowest BCUT2D eigenvalue weighted by Gasteiger charge is -2.31. The molecule has 1 aromatic heterocycles. The molecular formula is C25H30ClN3O3. The zero-order chi connectivity index (χ0) is 22.5. The highest BCUT2D eigenvalue weighted by molar-refractivity contribution is 6.31. The summed E-state index contributed by atoms with van der Waals surface area (Å²) in [6.45, 7) is 0.689. The van der Waals surface area contributed by atoms with Crippen molar-refractivity contribution in [2.45, 2.75) is 44.3 Å². The van der Waals surface area contributed by atoms with Crippen LogP contribution in [0.5, 0.6) is 17.2 Å². The molecule has 0 atom stereocenters. The molecule has 0 radical (unpaired) electrons. The number of aromatic nitrogens is 1. The van der Waals surface area contributed by atoms with Gasteiger partial charge in [-0.1, -0.05) is 11.6 Å². The van der Waals surface area contributed by atoms with Gasteiger partial charge in [-0.05, 0) is 49.9 Å². The van der Waals surface area contributed by atoms with Crippen molar-refractivity contribution in [1.82, 2.24) is 10.3 Å². The lowest BCUT2D eigenvalue weighted by molar-refractivity contribution is 0.339. The maximum absolute atomic E-state index is 6.12. The van der Waals surface area contributed by atoms with Crippen LogP contribution in [-0.4, -0.2) is 38.4 Å². The first-order valence-electron chi connectivity index (χ1n) is 10.9. The third-order valence-electron chi connectivity index (χ3n) is 6.18. The van der Waals surface area contributed by atoms with Crippen LogP contribution in [0.4, 0.5) is 5.69 Å². The molecule has 0 amide bonds. The summed E-state index contributed by atoms with van der Waals surface area (Å²) in [7, 11) is 4.99. The van der Waals surface area contributed by atoms with Crippen molar-refractivity contribution >= 4 is 28.2 Å². The van der Waals surface area contributed by atoms with E-state index in [1.54, 1.807) is 21.3 Å². The van der Waals surface area contributed by atoms with Gasteiger partial charge in [0.2, 0.25) is 0 Å². The number of hydrogen-bond donors (Lipinski definition) is 2. The molecule has 0 bridgehead atoms. The smallest absolute Gasteiger partial charge is 0.130 e. The lowest BCUT2D eigenvalue weighted by atomic mass is 9.90. The molecule has 1 heterocycles. The van der Waals surface area contributed by atoms with Crippen LogP contribution < -0.4 is 24.8 Å². The Bertz CT molecular complexity index is 1040. The standard InChI is InChI=1S/C25H30ClN3O3/c1-30-19-13-24(31-2)21(25(14-19)32-3)15-28-17-5-7-18(8-6-17)29-22-10-11-27-23-12-16(26)4-9-20(22)23/h4,9-14,17-18,28H,5-8,15H2,1-3H3,(H,27,29). The Hall–Kier alpha value is -2.70. The molecular weight excluding hydrogens is 426 g/mol. The summed E-state index contributed by atoms with van der Waals surface area (Å²) in [5, 5.41) is 9.23. The largest absolute Gasteiger partial charge is 0.496 e. The maximum Gasteiger partial charge on any atom is 0.130 e. The number of benzene rings is 2. The zero-order valence-corrected chi connectivity index (χ0v) is 19.5. The number of ether oxygens (including phenoxy) is 3. The highest BCUT2D eigenvalue weighted by Crippen LogP contribution is 2.34. The Morgan fingerprint density at radius 2 is 1.59 bits per heavy atom. The summed E-state index contributed by atoms with van der Waals surface area (Å²) >= 11 is 6.12. The van der Waals surface area contributed by atoms with Crippen molar-refractivity contribution in [3.05, 3.63) is 53.2 Å². The van der Waals surface area contributed by atoms with Gasteiger partial charge in [-0.2, -0.15) is 0 Å². The summed E-state index contributed by atoms with van der Waals surface area (Å²) in [4.78, 5) is 4.44. The number of hydrogen-bond acceptors (Lipinski definition) is 6. The van der Waals surface area contributed by atoms with E-state index in [9.17, 15) is 0 Å². The van der Waals surface area contributed by atoms with Gasteiger partial charge in [0, 0.05) is 53.1 Å². The maximum atomic E-state index is 6.12. The first kappa shape index (κ1) is 22.5. The van der Waals surface area contributed by atoms with E-state index in [2.05, 4.69) is 15.6 Å². The van der Waals surface area contributed by atoms with Gasteiger partial charge in [-0.15, -0.1) is 0 Å². The molecule has 2 N–H and O–H groups in total. The SMILES string of the molecule is COc1cc(OC)c(CNC2CCC(Nc3ccnc4cc(Cl)ccc34)CC2)c(OC)c1. The normalized spacial score (nSPS) is 18.4. The summed E-state index contributed by atoms with van der Waals surface area (Å²) in [6, 6.07) is 12.6. The molecule has 3 aromatic rings. The highest BCUT2D eigenvalue weighted by atomic mass is 35.5. The lowest BCUT2D eigenvalue weighted by Crippen LogP contribution is -2.36. The van der Waals surface area contributed by atoms with Crippen molar-refractivity contribution in [2.75, 3.05) is 26.6 Å². The van der Waals surface area contributed by atoms with Gasteiger partial charge >= 0.3 is 0 Å². The van der Waals surface area contributed by atoms with E-state index in [0.717, 1.165) is 65.1 Å². The van der Waals surface area contributed by atoms with E-state index >= 15 is 0 Å². The minimum absolute atomic E-state index is 0.444. The van der Waals surface area contributed by atoms with Gasteiger partial charge in [0.25, 0.3) is 0 Å². The van der Waals surface area contributed by atoms with Gasteiger partial charge in [0.1, 0.15) is 17.2 Å². The number of nitrogens with one attached hydrogen (secondary N) is 2. The number of rotatable bonds is 8. The Morgan fingerprint density at radius 1 is 0.906 bits per heavy atom. The van der Waals surface area contributed by atoms with Crippen LogP contribution in [0.1, 0.15) is 31.2 Å². The van der Waals surface area contributed by atoms with Crippen molar-refractivity contribution in [3.63, 3.8) is 0 Å². The number of fused-ring (bicyclic) bond motifs is 1. The Balaban J connectivity index is 1.35. The number of halogens is 1. The van der Waals surface area contributed by atoms with Crippen molar-refractivity contribution in [2.24, 2.45) is 0 Å². The molecule has 4 rings (SSSR count). The molecule has 7 heteroatoms. The van der Waals surface area contributed by atoms with E-state index in [-0.39, 0.29) is 0 Å². The summed E-state index contributed by atoms with van der Waals surface area (Å²) in [5.41, 5.74) is 3.05. The third-order valence-corrected chi connectivity index (χ3v) is 6.41. The van der Waals surface area contributed by atoms with E-state index in [4.69, 9.17) is 25.8 Å². The van der Waals surface area contributed by atoms with Gasteiger partial charge in [0.15, 0.2) is 0 Å². The second kappa shape index (κ2) is 10.3. The second-order valence-corrected chi connectivity index (χ2v) is 8.54. The van der Waals surface area contributed by atoms with Gasteiger partial charge in [-0.25, -0.2) is 0 Å². The molecule has 0 aliphatic heterocycles. The fourth-order valence-corrected chi connectivity index (χ4v) is 4.57. The minimum Gasteiger partial charge on any atom is -0.496 e. The van der Waals surface area contributed by atoms with Gasteiger partial charge < -0.3 is 24.8 Å². The molecule has 1 fully saturated rings. The van der Waals surface area contributed by atoms with Crippen molar-refractivity contribution < 1.29 is 14.2 Å². The predicted octanol–water partition coefficient (Wildman–Crippen LogP) is 5.43. The fourth-order valence-electron chi connectivity index (χ4n) is 4.41. The minimum atomic E-state index is 0.444. The first-order valence-corrected chi connectivity index (χ1v) is 11.3. The number of nitrogens with zero attached hydrogens (tertiary/aromatic N) is 1. The van der Waals surface area contributed by atoms with E-state index < -0.39 is 0 Å². The quantitative estimate of drug-likeness (QED) is 0.472. The van der Waals surface area contributed by atoms with Crippen LogP contribution in [0.15, 0.2) is 42.6 Å². The second-order valence-electron chi connectivity index (χ2n) is 8.10. The molecule has 2 aromatic carbocycles. The van der Waals surface area contributed by atoms with E-state index in [0.29, 0.717) is 23.7 Å². The summed E-state index contributed by atoms with van der Waals surface area (Å²) < 4.78 is 16.5.